The largest absolute Gasteiger partial charge is 0.497 e. The van der Waals surface area contributed by atoms with Crippen LogP contribution in [0.1, 0.15) is 44.5 Å². The van der Waals surface area contributed by atoms with Crippen LogP contribution in [0.25, 0.3) is 10.8 Å². The Bertz CT molecular complexity index is 1030. The molecule has 0 spiro atoms. The summed E-state index contributed by atoms with van der Waals surface area (Å²) in [4.78, 5) is 12.7. The molecule has 3 rings (SSSR count). The van der Waals surface area contributed by atoms with E-state index in [0.29, 0.717) is 12.5 Å². The Labute approximate surface area is 188 Å². The number of nitrogens with zero attached hydrogens (tertiary/aromatic N) is 3. The van der Waals surface area contributed by atoms with Crippen LogP contribution in [-0.2, 0) is 17.8 Å². The molecule has 1 N–H and O–H groups in total. The second-order valence-corrected chi connectivity index (χ2v) is 8.97. The van der Waals surface area contributed by atoms with Gasteiger partial charge in [-0.05, 0) is 54.0 Å². The molecule has 0 aliphatic carbocycles. The molecule has 0 aliphatic rings. The molecule has 0 unspecified atom stereocenters. The summed E-state index contributed by atoms with van der Waals surface area (Å²) in [6, 6.07) is 12.1. The smallest absolute Gasteiger partial charge is 0.227 e. The first-order valence-electron chi connectivity index (χ1n) is 10.7. The van der Waals surface area contributed by atoms with Gasteiger partial charge in [-0.25, -0.2) is 0 Å². The molecule has 1 heterocycles. The van der Waals surface area contributed by atoms with Crippen molar-refractivity contribution in [2.75, 3.05) is 19.9 Å². The fraction of sp³-hybridized carbons (Fsp3) is 0.458. The minimum Gasteiger partial charge on any atom is -0.497 e. The van der Waals surface area contributed by atoms with Crippen molar-refractivity contribution in [2.45, 2.75) is 51.2 Å². The molecular formula is C24H32N4O2S. The summed E-state index contributed by atoms with van der Waals surface area (Å²) < 4.78 is 7.48. The average molecular weight is 441 g/mol. The van der Waals surface area contributed by atoms with Gasteiger partial charge in [0.25, 0.3) is 0 Å². The van der Waals surface area contributed by atoms with Gasteiger partial charge >= 0.3 is 0 Å². The van der Waals surface area contributed by atoms with Crippen LogP contribution in [0.3, 0.4) is 0 Å². The maximum atomic E-state index is 12.7. The molecule has 0 bridgehead atoms. The van der Waals surface area contributed by atoms with Gasteiger partial charge in [-0.2, -0.15) is 0 Å². The number of aromatic nitrogens is 3. The number of methoxy groups -OCH3 is 1. The predicted octanol–water partition coefficient (Wildman–Crippen LogP) is 4.67. The molecule has 1 aromatic heterocycles. The van der Waals surface area contributed by atoms with Crippen molar-refractivity contribution < 1.29 is 9.53 Å². The lowest BCUT2D eigenvalue weighted by atomic mass is 9.97. The number of carbonyl (C=O) groups excluding carboxylic acids is 1. The van der Waals surface area contributed by atoms with Crippen molar-refractivity contribution in [3.8, 4) is 5.75 Å². The fourth-order valence-corrected chi connectivity index (χ4v) is 4.13. The van der Waals surface area contributed by atoms with Gasteiger partial charge < -0.3 is 14.6 Å². The minimum atomic E-state index is -0.209. The van der Waals surface area contributed by atoms with Crippen LogP contribution in [-0.4, -0.2) is 40.6 Å². The summed E-state index contributed by atoms with van der Waals surface area (Å²) in [5.74, 6) is 2.19. The lowest BCUT2D eigenvalue weighted by Gasteiger charge is -2.14. The quantitative estimate of drug-likeness (QED) is 0.366. The second-order valence-electron chi connectivity index (χ2n) is 8.20. The first-order chi connectivity index (χ1) is 14.9. The van der Waals surface area contributed by atoms with Crippen LogP contribution in [0, 0.1) is 5.92 Å². The highest BCUT2D eigenvalue weighted by Crippen LogP contribution is 2.25. The van der Waals surface area contributed by atoms with Gasteiger partial charge in [0, 0.05) is 19.5 Å². The summed E-state index contributed by atoms with van der Waals surface area (Å²) in [6.07, 6.45) is 3.66. The molecule has 0 saturated carbocycles. The van der Waals surface area contributed by atoms with E-state index >= 15 is 0 Å². The molecule has 0 fully saturated rings. The monoisotopic (exact) mass is 440 g/mol. The topological polar surface area (TPSA) is 69.0 Å². The summed E-state index contributed by atoms with van der Waals surface area (Å²) in [6.45, 7) is 7.87. The van der Waals surface area contributed by atoms with E-state index in [4.69, 9.17) is 4.74 Å². The maximum absolute atomic E-state index is 12.7. The molecule has 0 radical (unpaired) electrons. The number of thioether (sulfide) groups is 1. The SMILES string of the molecule is COc1ccc2cc([C@H](C)C(=O)NCCCc3nnc(SC)n3CC(C)C)ccc2c1. The molecule has 2 aromatic carbocycles. The Hall–Kier alpha value is -2.54. The summed E-state index contributed by atoms with van der Waals surface area (Å²) in [5, 5.41) is 14.9. The number of amides is 1. The predicted molar refractivity (Wildman–Crippen MR) is 127 cm³/mol. The van der Waals surface area contributed by atoms with Crippen LogP contribution in [0.4, 0.5) is 0 Å². The number of rotatable bonds is 10. The van der Waals surface area contributed by atoms with Crippen molar-refractivity contribution in [3.05, 3.63) is 47.8 Å². The molecule has 1 atom stereocenters. The second kappa shape index (κ2) is 10.7. The van der Waals surface area contributed by atoms with E-state index in [2.05, 4.69) is 40.0 Å². The number of nitrogens with one attached hydrogen (secondary N) is 1. The highest BCUT2D eigenvalue weighted by atomic mass is 32.2. The first kappa shape index (κ1) is 23.1. The molecule has 6 nitrogen and oxygen atoms in total. The Balaban J connectivity index is 1.55. The zero-order valence-corrected chi connectivity index (χ0v) is 19.8. The minimum absolute atomic E-state index is 0.0429. The zero-order chi connectivity index (χ0) is 22.4. The third kappa shape index (κ3) is 5.79. The standard InChI is InChI=1S/C24H32N4O2S/c1-16(2)15-28-22(26-27-24(28)31-5)7-6-12-25-23(29)17(3)18-8-9-20-14-21(30-4)11-10-19(20)13-18/h8-11,13-14,16-17H,6-7,12,15H2,1-5H3,(H,25,29)/t17-/m0/s1. The van der Waals surface area contributed by atoms with E-state index in [1.54, 1.807) is 18.9 Å². The number of benzene rings is 2. The van der Waals surface area contributed by atoms with E-state index < -0.39 is 0 Å². The lowest BCUT2D eigenvalue weighted by Crippen LogP contribution is -2.29. The molecular weight excluding hydrogens is 408 g/mol. The van der Waals surface area contributed by atoms with Gasteiger partial charge in [-0.1, -0.05) is 49.9 Å². The third-order valence-corrected chi connectivity index (χ3v) is 6.03. The Morgan fingerprint density at radius 1 is 1.13 bits per heavy atom. The fourth-order valence-electron chi connectivity index (χ4n) is 3.60. The normalized spacial score (nSPS) is 12.3. The van der Waals surface area contributed by atoms with Crippen molar-refractivity contribution in [3.63, 3.8) is 0 Å². The summed E-state index contributed by atoms with van der Waals surface area (Å²) in [7, 11) is 1.66. The van der Waals surface area contributed by atoms with Gasteiger partial charge in [0.15, 0.2) is 5.16 Å². The summed E-state index contributed by atoms with van der Waals surface area (Å²) >= 11 is 1.62. The molecule has 7 heteroatoms. The van der Waals surface area contributed by atoms with Gasteiger partial charge in [0.1, 0.15) is 11.6 Å². The maximum Gasteiger partial charge on any atom is 0.227 e. The highest BCUT2D eigenvalue weighted by molar-refractivity contribution is 7.98. The van der Waals surface area contributed by atoms with Crippen LogP contribution in [0.5, 0.6) is 5.75 Å². The first-order valence-corrected chi connectivity index (χ1v) is 12.0. The van der Waals surface area contributed by atoms with Crippen LogP contribution >= 0.6 is 11.8 Å². The van der Waals surface area contributed by atoms with Crippen molar-refractivity contribution in [1.82, 2.24) is 20.1 Å². The van der Waals surface area contributed by atoms with Gasteiger partial charge in [0.2, 0.25) is 5.91 Å². The molecule has 1 amide bonds. The number of hydrogen-bond donors (Lipinski definition) is 1. The van der Waals surface area contributed by atoms with Crippen LogP contribution in [0.2, 0.25) is 0 Å². The number of ether oxygens (including phenoxy) is 1. The van der Waals surface area contributed by atoms with Gasteiger partial charge in [-0.15, -0.1) is 10.2 Å². The van der Waals surface area contributed by atoms with Crippen LogP contribution < -0.4 is 10.1 Å². The lowest BCUT2D eigenvalue weighted by molar-refractivity contribution is -0.122. The Kier molecular flexibility index (Phi) is 7.96. The van der Waals surface area contributed by atoms with Crippen LogP contribution in [0.15, 0.2) is 41.6 Å². The Morgan fingerprint density at radius 3 is 2.58 bits per heavy atom. The molecule has 166 valence electrons. The molecule has 0 aliphatic heterocycles. The number of fused-ring (bicyclic) bond motifs is 1. The van der Waals surface area contributed by atoms with E-state index in [1.807, 2.05) is 43.5 Å². The molecule has 0 saturated heterocycles. The highest BCUT2D eigenvalue weighted by Gasteiger charge is 2.16. The van der Waals surface area contributed by atoms with E-state index in [0.717, 1.165) is 52.5 Å². The van der Waals surface area contributed by atoms with Crippen molar-refractivity contribution in [2.24, 2.45) is 5.92 Å². The Morgan fingerprint density at radius 2 is 1.87 bits per heavy atom. The van der Waals surface area contributed by atoms with Crippen molar-refractivity contribution in [1.29, 1.82) is 0 Å². The number of hydrogen-bond acceptors (Lipinski definition) is 5. The number of carbonyl (C=O) groups is 1. The van der Waals surface area contributed by atoms with Gasteiger partial charge in [-0.3, -0.25) is 4.79 Å². The van der Waals surface area contributed by atoms with Crippen molar-refractivity contribution >= 4 is 28.4 Å². The van der Waals surface area contributed by atoms with E-state index in [1.165, 1.54) is 0 Å². The molecule has 31 heavy (non-hydrogen) atoms. The van der Waals surface area contributed by atoms with Gasteiger partial charge in [0.05, 0.1) is 13.0 Å². The summed E-state index contributed by atoms with van der Waals surface area (Å²) in [5.41, 5.74) is 1.01. The zero-order valence-electron chi connectivity index (χ0n) is 19.0. The third-order valence-electron chi connectivity index (χ3n) is 5.36. The number of aryl methyl sites for hydroxylation is 1. The van der Waals surface area contributed by atoms with E-state index in [9.17, 15) is 4.79 Å². The van der Waals surface area contributed by atoms with E-state index in [-0.39, 0.29) is 11.8 Å². The average Bonchev–Trinajstić information content (AvgIpc) is 3.15. The molecule has 3 aromatic rings.